The summed E-state index contributed by atoms with van der Waals surface area (Å²) in [6, 6.07) is 0. The summed E-state index contributed by atoms with van der Waals surface area (Å²) in [5.41, 5.74) is 1.35. The highest BCUT2D eigenvalue weighted by atomic mass is 14.9. The van der Waals surface area contributed by atoms with Gasteiger partial charge < -0.3 is 5.32 Å². The lowest BCUT2D eigenvalue weighted by molar-refractivity contribution is 0.505. The Morgan fingerprint density at radius 1 is 1.46 bits per heavy atom. The molecule has 1 N–H and O–H groups in total. The van der Waals surface area contributed by atoms with E-state index in [0.29, 0.717) is 0 Å². The Morgan fingerprint density at radius 2 is 2.08 bits per heavy atom. The number of hydrogen-bond donors (Lipinski definition) is 1. The van der Waals surface area contributed by atoms with Gasteiger partial charge in [-0.1, -0.05) is 38.5 Å². The Bertz CT molecular complexity index is 178. The van der Waals surface area contributed by atoms with E-state index in [-0.39, 0.29) is 5.54 Å². The van der Waals surface area contributed by atoms with Crippen molar-refractivity contribution in [2.45, 2.75) is 45.6 Å². The van der Waals surface area contributed by atoms with E-state index in [1.54, 1.807) is 0 Å². The maximum atomic E-state index is 3.85. The minimum Gasteiger partial charge on any atom is -0.311 e. The molecule has 0 aliphatic heterocycles. The lowest BCUT2D eigenvalue weighted by Gasteiger charge is -2.25. The van der Waals surface area contributed by atoms with Gasteiger partial charge in [0.1, 0.15) is 0 Å². The minimum atomic E-state index is 0.0511. The highest BCUT2D eigenvalue weighted by Crippen LogP contribution is 2.17. The van der Waals surface area contributed by atoms with E-state index < -0.39 is 0 Å². The van der Waals surface area contributed by atoms with Crippen molar-refractivity contribution in [3.63, 3.8) is 0 Å². The first-order chi connectivity index (χ1) is 6.08. The Hall–Kier alpha value is -0.560. The number of nitrogens with one attached hydrogen (secondary N) is 1. The summed E-state index contributed by atoms with van der Waals surface area (Å²) in [6.07, 6.45) is 7.90. The highest BCUT2D eigenvalue weighted by Gasteiger charge is 2.17. The monoisotopic (exact) mass is 181 g/mol. The van der Waals surface area contributed by atoms with Crippen LogP contribution in [0.5, 0.6) is 0 Å². The fourth-order valence-corrected chi connectivity index (χ4v) is 1.20. The maximum Gasteiger partial charge on any atom is 0.0371 e. The lowest BCUT2D eigenvalue weighted by Crippen LogP contribution is -2.37. The molecule has 0 bridgehead atoms. The molecule has 0 unspecified atom stereocenters. The normalized spacial score (nSPS) is 13.1. The number of likely N-dealkylation sites (N-methyl/N-ethyl adjacent to an activating group) is 1. The van der Waals surface area contributed by atoms with Crippen LogP contribution in [0, 0.1) is 0 Å². The van der Waals surface area contributed by atoms with Crippen LogP contribution in [0.25, 0.3) is 0 Å². The van der Waals surface area contributed by atoms with Crippen molar-refractivity contribution >= 4 is 0 Å². The largest absolute Gasteiger partial charge is 0.311 e. The summed E-state index contributed by atoms with van der Waals surface area (Å²) in [5, 5.41) is 3.28. The van der Waals surface area contributed by atoms with E-state index in [9.17, 15) is 0 Å². The molecule has 0 aliphatic carbocycles. The summed E-state index contributed by atoms with van der Waals surface area (Å²) in [7, 11) is 1.98. The topological polar surface area (TPSA) is 12.0 Å². The van der Waals surface area contributed by atoms with Crippen LogP contribution < -0.4 is 5.32 Å². The molecule has 0 saturated heterocycles. The van der Waals surface area contributed by atoms with Crippen LogP contribution in [0.4, 0.5) is 0 Å². The van der Waals surface area contributed by atoms with Gasteiger partial charge in [-0.3, -0.25) is 0 Å². The van der Waals surface area contributed by atoms with Gasteiger partial charge in [0.15, 0.2) is 0 Å². The van der Waals surface area contributed by atoms with Crippen LogP contribution in [0.3, 0.4) is 0 Å². The third-order valence-electron chi connectivity index (χ3n) is 2.49. The predicted molar refractivity (Wildman–Crippen MR) is 60.9 cm³/mol. The van der Waals surface area contributed by atoms with Crippen molar-refractivity contribution in [1.29, 1.82) is 0 Å². The van der Waals surface area contributed by atoms with Crippen LogP contribution in [-0.2, 0) is 0 Å². The van der Waals surface area contributed by atoms with Crippen molar-refractivity contribution in [3.8, 4) is 0 Å². The van der Waals surface area contributed by atoms with Crippen molar-refractivity contribution in [2.24, 2.45) is 0 Å². The van der Waals surface area contributed by atoms with E-state index in [4.69, 9.17) is 0 Å². The van der Waals surface area contributed by atoms with E-state index in [2.05, 4.69) is 38.7 Å². The molecule has 0 heterocycles. The van der Waals surface area contributed by atoms with E-state index >= 15 is 0 Å². The highest BCUT2D eigenvalue weighted by molar-refractivity contribution is 5.27. The van der Waals surface area contributed by atoms with Crippen molar-refractivity contribution in [1.82, 2.24) is 5.32 Å². The Labute approximate surface area is 82.9 Å². The molecule has 0 aromatic carbocycles. The van der Waals surface area contributed by atoms with Crippen LogP contribution in [0.1, 0.15) is 40.0 Å². The molecule has 0 amide bonds. The fraction of sp³-hybridized carbons (Fsp3) is 0.667. The molecule has 0 fully saturated rings. The van der Waals surface area contributed by atoms with Crippen molar-refractivity contribution in [3.05, 3.63) is 24.3 Å². The zero-order valence-electron chi connectivity index (χ0n) is 9.48. The number of hydrogen-bond acceptors (Lipinski definition) is 1. The average Bonchev–Trinajstić information content (AvgIpc) is 2.12. The molecule has 1 heteroatoms. The molecule has 0 rings (SSSR count). The van der Waals surface area contributed by atoms with Crippen LogP contribution in [-0.4, -0.2) is 12.6 Å². The standard InChI is InChI=1S/C12H23N/c1-6-8-9-10-11(7-2)12(3,4)13-5/h7,10,13H,2,6,8-9H2,1,3-5H3/b11-10+. The minimum absolute atomic E-state index is 0.0511. The molecule has 1 nitrogen and oxygen atoms in total. The number of allylic oxidation sites excluding steroid dienone is 1. The van der Waals surface area contributed by atoms with Crippen molar-refractivity contribution < 1.29 is 0 Å². The van der Waals surface area contributed by atoms with Gasteiger partial charge in [-0.2, -0.15) is 0 Å². The average molecular weight is 181 g/mol. The van der Waals surface area contributed by atoms with E-state index in [0.717, 1.165) is 6.42 Å². The summed E-state index contributed by atoms with van der Waals surface area (Å²) >= 11 is 0. The van der Waals surface area contributed by atoms with Crippen LogP contribution >= 0.6 is 0 Å². The summed E-state index contributed by atoms with van der Waals surface area (Å²) in [4.78, 5) is 0. The van der Waals surface area contributed by atoms with Gasteiger partial charge in [0.05, 0.1) is 0 Å². The molecular formula is C12H23N. The Kier molecular flexibility index (Phi) is 5.72. The molecule has 76 valence electrons. The summed E-state index contributed by atoms with van der Waals surface area (Å²) < 4.78 is 0. The zero-order valence-corrected chi connectivity index (χ0v) is 9.48. The second-order valence-corrected chi connectivity index (χ2v) is 3.88. The molecule has 0 aromatic rings. The van der Waals surface area contributed by atoms with Gasteiger partial charge in [-0.05, 0) is 32.9 Å². The second-order valence-electron chi connectivity index (χ2n) is 3.88. The maximum absolute atomic E-state index is 3.85. The molecule has 0 aliphatic rings. The predicted octanol–water partition coefficient (Wildman–Crippen LogP) is 3.29. The fourth-order valence-electron chi connectivity index (χ4n) is 1.20. The molecule has 0 atom stereocenters. The third kappa shape index (κ3) is 4.28. The molecular weight excluding hydrogens is 158 g/mol. The molecule has 0 radical (unpaired) electrons. The van der Waals surface area contributed by atoms with Gasteiger partial charge >= 0.3 is 0 Å². The van der Waals surface area contributed by atoms with Crippen LogP contribution in [0.2, 0.25) is 0 Å². The summed E-state index contributed by atoms with van der Waals surface area (Å²) in [5.74, 6) is 0. The first-order valence-corrected chi connectivity index (χ1v) is 5.10. The van der Waals surface area contributed by atoms with Gasteiger partial charge in [-0.25, -0.2) is 0 Å². The van der Waals surface area contributed by atoms with Crippen molar-refractivity contribution in [2.75, 3.05) is 7.05 Å². The van der Waals surface area contributed by atoms with Gasteiger partial charge in [0.25, 0.3) is 0 Å². The zero-order chi connectivity index (χ0) is 10.3. The van der Waals surface area contributed by atoms with Gasteiger partial charge in [-0.15, -0.1) is 0 Å². The first-order valence-electron chi connectivity index (χ1n) is 5.10. The van der Waals surface area contributed by atoms with Gasteiger partial charge in [0, 0.05) is 5.54 Å². The Balaban J connectivity index is 4.31. The van der Waals surface area contributed by atoms with Crippen LogP contribution in [0.15, 0.2) is 24.3 Å². The molecule has 13 heavy (non-hydrogen) atoms. The SMILES string of the molecule is C=C/C(=C\CCCC)C(C)(C)NC. The molecule has 0 saturated carbocycles. The second kappa shape index (κ2) is 5.98. The van der Waals surface area contributed by atoms with E-state index in [1.807, 2.05) is 13.1 Å². The lowest BCUT2D eigenvalue weighted by atomic mass is 9.93. The number of unbranched alkanes of at least 4 members (excludes halogenated alkanes) is 2. The molecule has 0 spiro atoms. The number of rotatable bonds is 6. The van der Waals surface area contributed by atoms with E-state index in [1.165, 1.54) is 18.4 Å². The van der Waals surface area contributed by atoms with Gasteiger partial charge in [0.2, 0.25) is 0 Å². The smallest absolute Gasteiger partial charge is 0.0371 e. The first kappa shape index (κ1) is 12.4. The third-order valence-corrected chi connectivity index (χ3v) is 2.49. The quantitative estimate of drug-likeness (QED) is 0.490. The molecule has 0 aromatic heterocycles. The Morgan fingerprint density at radius 3 is 2.46 bits per heavy atom. The summed E-state index contributed by atoms with van der Waals surface area (Å²) in [6.45, 7) is 10.4.